The molecule has 0 saturated heterocycles. The van der Waals surface area contributed by atoms with Gasteiger partial charge in [-0.05, 0) is 71.9 Å². The van der Waals surface area contributed by atoms with E-state index < -0.39 is 0 Å². The van der Waals surface area contributed by atoms with E-state index in [1.807, 2.05) is 59.7 Å². The van der Waals surface area contributed by atoms with Gasteiger partial charge in [0.15, 0.2) is 28.8 Å². The highest BCUT2D eigenvalue weighted by atomic mass is 16.5. The van der Waals surface area contributed by atoms with Gasteiger partial charge in [-0.2, -0.15) is 0 Å². The number of ether oxygens (including phenoxy) is 6. The van der Waals surface area contributed by atoms with Crippen LogP contribution in [0.25, 0.3) is 6.08 Å². The number of ketones is 1. The summed E-state index contributed by atoms with van der Waals surface area (Å²) >= 11 is 0. The number of carbonyl (C=O) groups is 1. The van der Waals surface area contributed by atoms with Crippen molar-refractivity contribution in [3.05, 3.63) is 41.5 Å². The Balaban J connectivity index is 2.63. The third-order valence-corrected chi connectivity index (χ3v) is 4.59. The van der Waals surface area contributed by atoms with Crippen LogP contribution in [0.2, 0.25) is 0 Å². The lowest BCUT2D eigenvalue weighted by Gasteiger charge is -2.20. The van der Waals surface area contributed by atoms with Crippen LogP contribution in [-0.4, -0.2) is 45.4 Å². The first-order chi connectivity index (χ1) is 16.5. The van der Waals surface area contributed by atoms with Gasteiger partial charge >= 0.3 is 0 Å². The molecule has 0 spiro atoms. The summed E-state index contributed by atoms with van der Waals surface area (Å²) in [7, 11) is 0. The molecule has 0 aliphatic rings. The fraction of sp³-hybridized carbons (Fsp3) is 0.444. The third kappa shape index (κ3) is 6.83. The molecule has 0 saturated carbocycles. The molecule has 0 radical (unpaired) electrons. The van der Waals surface area contributed by atoms with Gasteiger partial charge in [0.05, 0.1) is 39.6 Å². The number of rotatable bonds is 15. The molecular weight excluding hydrogens is 436 g/mol. The van der Waals surface area contributed by atoms with E-state index in [2.05, 4.69) is 0 Å². The predicted octanol–water partition coefficient (Wildman–Crippen LogP) is 5.97. The Labute approximate surface area is 202 Å². The molecule has 0 aromatic heterocycles. The molecule has 2 rings (SSSR count). The first kappa shape index (κ1) is 26.9. The molecule has 0 bridgehead atoms. The topological polar surface area (TPSA) is 72.5 Å². The number of allylic oxidation sites excluding steroid dienone is 1. The van der Waals surface area contributed by atoms with Crippen LogP contribution in [0.15, 0.2) is 30.3 Å². The van der Waals surface area contributed by atoms with E-state index in [1.54, 1.807) is 12.1 Å². The van der Waals surface area contributed by atoms with Crippen molar-refractivity contribution in [2.24, 2.45) is 0 Å². The Hall–Kier alpha value is -3.35. The molecule has 0 heterocycles. The lowest BCUT2D eigenvalue weighted by Crippen LogP contribution is -2.10. The lowest BCUT2D eigenvalue weighted by atomic mass is 10.0. The molecule has 186 valence electrons. The van der Waals surface area contributed by atoms with Crippen LogP contribution in [0, 0.1) is 0 Å². The first-order valence-corrected chi connectivity index (χ1v) is 11.9. The summed E-state index contributed by atoms with van der Waals surface area (Å²) in [6.45, 7) is 13.8. The standard InChI is InChI=1S/C27H36O7/c1-7-29-20-14-16-22(30-8-2)19(17-20)13-15-21(28)25-26(33-11-5)23(31-9-3)18-24(32-10-4)27(25)34-12-6/h13-18H,7-12H2,1-6H3. The van der Waals surface area contributed by atoms with Crippen LogP contribution in [0.1, 0.15) is 57.5 Å². The molecule has 7 heteroatoms. The van der Waals surface area contributed by atoms with Gasteiger partial charge in [-0.3, -0.25) is 4.79 Å². The van der Waals surface area contributed by atoms with Crippen LogP contribution >= 0.6 is 0 Å². The van der Waals surface area contributed by atoms with Gasteiger partial charge in [0.1, 0.15) is 17.1 Å². The smallest absolute Gasteiger partial charge is 0.193 e. The Morgan fingerprint density at radius 2 is 1.15 bits per heavy atom. The van der Waals surface area contributed by atoms with Crippen molar-refractivity contribution in [2.75, 3.05) is 39.6 Å². The Kier molecular flexibility index (Phi) is 11.1. The van der Waals surface area contributed by atoms with Crippen LogP contribution in [0.3, 0.4) is 0 Å². The Morgan fingerprint density at radius 1 is 0.647 bits per heavy atom. The number of carbonyl (C=O) groups excluding carboxylic acids is 1. The summed E-state index contributed by atoms with van der Waals surface area (Å²) < 4.78 is 34.6. The maximum atomic E-state index is 13.6. The molecular formula is C27H36O7. The lowest BCUT2D eigenvalue weighted by molar-refractivity contribution is 0.103. The first-order valence-electron chi connectivity index (χ1n) is 11.9. The molecule has 0 fully saturated rings. The SMILES string of the molecule is CCOc1ccc(OCC)c(C=CC(=O)c2c(OCC)c(OCC)cc(OCC)c2OCC)c1. The zero-order valence-electron chi connectivity index (χ0n) is 21.1. The molecule has 0 amide bonds. The molecule has 2 aromatic rings. The van der Waals surface area contributed by atoms with Gasteiger partial charge < -0.3 is 28.4 Å². The third-order valence-electron chi connectivity index (χ3n) is 4.59. The van der Waals surface area contributed by atoms with E-state index >= 15 is 0 Å². The summed E-state index contributed by atoms with van der Waals surface area (Å²) in [5, 5.41) is 0. The van der Waals surface area contributed by atoms with Gasteiger partial charge in [-0.25, -0.2) is 0 Å². The van der Waals surface area contributed by atoms with Crippen molar-refractivity contribution < 1.29 is 33.2 Å². The van der Waals surface area contributed by atoms with Crippen molar-refractivity contribution >= 4 is 11.9 Å². The highest BCUT2D eigenvalue weighted by molar-refractivity contribution is 6.11. The van der Waals surface area contributed by atoms with Crippen LogP contribution < -0.4 is 28.4 Å². The summed E-state index contributed by atoms with van der Waals surface area (Å²) in [4.78, 5) is 13.6. The maximum absolute atomic E-state index is 13.6. The van der Waals surface area contributed by atoms with E-state index in [4.69, 9.17) is 28.4 Å². The molecule has 7 nitrogen and oxygen atoms in total. The minimum Gasteiger partial charge on any atom is -0.494 e. The Morgan fingerprint density at radius 3 is 1.65 bits per heavy atom. The monoisotopic (exact) mass is 472 g/mol. The van der Waals surface area contributed by atoms with Crippen molar-refractivity contribution in [1.29, 1.82) is 0 Å². The van der Waals surface area contributed by atoms with Gasteiger partial charge in [-0.1, -0.05) is 0 Å². The minimum atomic E-state index is -0.307. The molecule has 0 N–H and O–H groups in total. The fourth-order valence-corrected chi connectivity index (χ4v) is 3.37. The van der Waals surface area contributed by atoms with E-state index in [0.29, 0.717) is 74.1 Å². The normalized spacial score (nSPS) is 10.8. The average Bonchev–Trinajstić information content (AvgIpc) is 2.82. The van der Waals surface area contributed by atoms with E-state index in [-0.39, 0.29) is 11.3 Å². The van der Waals surface area contributed by atoms with Gasteiger partial charge in [0.2, 0.25) is 0 Å². The fourth-order valence-electron chi connectivity index (χ4n) is 3.37. The highest BCUT2D eigenvalue weighted by Gasteiger charge is 2.26. The van der Waals surface area contributed by atoms with Crippen molar-refractivity contribution in [3.63, 3.8) is 0 Å². The quantitative estimate of drug-likeness (QED) is 0.233. The number of hydrogen-bond acceptors (Lipinski definition) is 7. The van der Waals surface area contributed by atoms with E-state index in [9.17, 15) is 4.79 Å². The second-order valence-electron chi connectivity index (χ2n) is 6.90. The predicted molar refractivity (Wildman–Crippen MR) is 133 cm³/mol. The molecule has 2 aromatic carbocycles. The molecule has 34 heavy (non-hydrogen) atoms. The average molecular weight is 473 g/mol. The van der Waals surface area contributed by atoms with Gasteiger partial charge in [-0.15, -0.1) is 0 Å². The molecule has 0 atom stereocenters. The Bertz CT molecular complexity index is 932. The summed E-state index contributed by atoms with van der Waals surface area (Å²) in [5.41, 5.74) is 0.983. The second-order valence-corrected chi connectivity index (χ2v) is 6.90. The largest absolute Gasteiger partial charge is 0.494 e. The summed E-state index contributed by atoms with van der Waals surface area (Å²) in [6.07, 6.45) is 3.18. The highest BCUT2D eigenvalue weighted by Crippen LogP contribution is 2.45. The van der Waals surface area contributed by atoms with E-state index in [1.165, 1.54) is 6.08 Å². The van der Waals surface area contributed by atoms with Gasteiger partial charge in [0.25, 0.3) is 0 Å². The summed E-state index contributed by atoms with van der Waals surface area (Å²) in [5.74, 6) is 2.57. The van der Waals surface area contributed by atoms with E-state index in [0.717, 1.165) is 5.56 Å². The number of hydrogen-bond donors (Lipinski definition) is 0. The number of benzene rings is 2. The molecule has 0 aliphatic carbocycles. The zero-order chi connectivity index (χ0) is 24.9. The minimum absolute atomic E-state index is 0.258. The van der Waals surface area contributed by atoms with Crippen LogP contribution in [-0.2, 0) is 0 Å². The second kappa shape index (κ2) is 14.0. The van der Waals surface area contributed by atoms with Crippen molar-refractivity contribution in [1.82, 2.24) is 0 Å². The van der Waals surface area contributed by atoms with Crippen LogP contribution in [0.5, 0.6) is 34.5 Å². The van der Waals surface area contributed by atoms with Gasteiger partial charge in [0, 0.05) is 11.6 Å². The van der Waals surface area contributed by atoms with Crippen LogP contribution in [0.4, 0.5) is 0 Å². The summed E-state index contributed by atoms with van der Waals surface area (Å²) in [6, 6.07) is 7.22. The van der Waals surface area contributed by atoms with Crippen molar-refractivity contribution in [2.45, 2.75) is 41.5 Å². The maximum Gasteiger partial charge on any atom is 0.193 e. The molecule has 0 unspecified atom stereocenters. The zero-order valence-corrected chi connectivity index (χ0v) is 21.1. The van der Waals surface area contributed by atoms with Crippen molar-refractivity contribution in [3.8, 4) is 34.5 Å². The molecule has 0 aliphatic heterocycles.